The van der Waals surface area contributed by atoms with Crippen LogP contribution in [0.3, 0.4) is 0 Å². The maximum atomic E-state index is 13.3. The van der Waals surface area contributed by atoms with Gasteiger partial charge in [-0.15, -0.1) is 0 Å². The van der Waals surface area contributed by atoms with Crippen LogP contribution in [-0.2, 0) is 5.54 Å². The van der Waals surface area contributed by atoms with Crippen molar-refractivity contribution in [3.05, 3.63) is 34.6 Å². The minimum absolute atomic E-state index is 0.0189. The fourth-order valence-corrected chi connectivity index (χ4v) is 2.72. The largest absolute Gasteiger partial charge is 0.394 e. The van der Waals surface area contributed by atoms with Crippen molar-refractivity contribution < 1.29 is 9.50 Å². The van der Waals surface area contributed by atoms with E-state index in [9.17, 15) is 9.50 Å². The Bertz CT molecular complexity index is 435. The Morgan fingerprint density at radius 1 is 1.42 bits per heavy atom. The van der Waals surface area contributed by atoms with Gasteiger partial charge in [0.05, 0.1) is 17.2 Å². The number of halogens is 2. The van der Waals surface area contributed by atoms with Crippen LogP contribution >= 0.6 is 11.6 Å². The van der Waals surface area contributed by atoms with Gasteiger partial charge in [0.1, 0.15) is 5.82 Å². The SMILES string of the molecule is CC(CO)(c1ccc(F)c(Cl)c1)N1CCCNCC1. The van der Waals surface area contributed by atoms with Gasteiger partial charge in [0.2, 0.25) is 0 Å². The molecule has 0 aliphatic carbocycles. The first kappa shape index (κ1) is 14.7. The minimum Gasteiger partial charge on any atom is -0.394 e. The van der Waals surface area contributed by atoms with Crippen LogP contribution in [0, 0.1) is 5.82 Å². The molecule has 1 aliphatic rings. The number of rotatable bonds is 3. The molecule has 106 valence electrons. The summed E-state index contributed by atoms with van der Waals surface area (Å²) in [5, 5.41) is 13.3. The molecule has 3 nitrogen and oxygen atoms in total. The van der Waals surface area contributed by atoms with Gasteiger partial charge in [0.15, 0.2) is 0 Å². The zero-order valence-electron chi connectivity index (χ0n) is 11.1. The molecule has 0 aromatic heterocycles. The van der Waals surface area contributed by atoms with Gasteiger partial charge in [0.25, 0.3) is 0 Å². The molecule has 19 heavy (non-hydrogen) atoms. The number of hydrogen-bond donors (Lipinski definition) is 2. The first-order chi connectivity index (χ1) is 9.08. The van der Waals surface area contributed by atoms with Crippen LogP contribution in [0.5, 0.6) is 0 Å². The van der Waals surface area contributed by atoms with Gasteiger partial charge in [-0.05, 0) is 37.6 Å². The van der Waals surface area contributed by atoms with Crippen molar-refractivity contribution in [3.63, 3.8) is 0 Å². The van der Waals surface area contributed by atoms with E-state index in [2.05, 4.69) is 10.2 Å². The molecule has 1 aromatic carbocycles. The van der Waals surface area contributed by atoms with Crippen molar-refractivity contribution in [1.29, 1.82) is 0 Å². The van der Waals surface area contributed by atoms with Gasteiger partial charge < -0.3 is 10.4 Å². The van der Waals surface area contributed by atoms with Gasteiger partial charge in [-0.3, -0.25) is 4.90 Å². The summed E-state index contributed by atoms with van der Waals surface area (Å²) in [7, 11) is 0. The summed E-state index contributed by atoms with van der Waals surface area (Å²) in [6, 6.07) is 4.68. The van der Waals surface area contributed by atoms with E-state index >= 15 is 0 Å². The van der Waals surface area contributed by atoms with Crippen molar-refractivity contribution in [2.45, 2.75) is 18.9 Å². The minimum atomic E-state index is -0.524. The molecule has 5 heteroatoms. The molecule has 2 rings (SSSR count). The average Bonchev–Trinajstić information content (AvgIpc) is 2.70. The topological polar surface area (TPSA) is 35.5 Å². The van der Waals surface area contributed by atoms with Crippen LogP contribution in [0.4, 0.5) is 4.39 Å². The van der Waals surface area contributed by atoms with Crippen molar-refractivity contribution in [2.24, 2.45) is 0 Å². The zero-order valence-corrected chi connectivity index (χ0v) is 11.9. The molecule has 0 spiro atoms. The van der Waals surface area contributed by atoms with E-state index in [0.717, 1.165) is 38.2 Å². The lowest BCUT2D eigenvalue weighted by molar-refractivity contribution is 0.0452. The van der Waals surface area contributed by atoms with Crippen LogP contribution in [0.2, 0.25) is 5.02 Å². The lowest BCUT2D eigenvalue weighted by Crippen LogP contribution is -2.48. The number of nitrogens with zero attached hydrogens (tertiary/aromatic N) is 1. The van der Waals surface area contributed by atoms with Crippen LogP contribution in [0.1, 0.15) is 18.9 Å². The smallest absolute Gasteiger partial charge is 0.141 e. The van der Waals surface area contributed by atoms with E-state index < -0.39 is 11.4 Å². The second-order valence-electron chi connectivity index (χ2n) is 5.15. The fraction of sp³-hybridized carbons (Fsp3) is 0.571. The van der Waals surface area contributed by atoms with Crippen LogP contribution < -0.4 is 5.32 Å². The van der Waals surface area contributed by atoms with E-state index in [1.165, 1.54) is 6.07 Å². The first-order valence-electron chi connectivity index (χ1n) is 6.60. The molecular formula is C14H20ClFN2O. The molecule has 1 heterocycles. The van der Waals surface area contributed by atoms with Crippen molar-refractivity contribution >= 4 is 11.6 Å². The summed E-state index contributed by atoms with van der Waals surface area (Å²) in [6.45, 7) is 5.59. The van der Waals surface area contributed by atoms with Crippen LogP contribution in [0.25, 0.3) is 0 Å². The second kappa shape index (κ2) is 6.18. The van der Waals surface area contributed by atoms with Crippen molar-refractivity contribution in [2.75, 3.05) is 32.8 Å². The molecule has 1 atom stereocenters. The molecule has 1 saturated heterocycles. The van der Waals surface area contributed by atoms with E-state index in [-0.39, 0.29) is 11.6 Å². The number of nitrogens with one attached hydrogen (secondary N) is 1. The predicted molar refractivity (Wildman–Crippen MR) is 74.9 cm³/mol. The molecule has 0 saturated carbocycles. The van der Waals surface area contributed by atoms with Gasteiger partial charge in [-0.2, -0.15) is 0 Å². The third-order valence-electron chi connectivity index (χ3n) is 3.89. The highest BCUT2D eigenvalue weighted by Crippen LogP contribution is 2.31. The van der Waals surface area contributed by atoms with Gasteiger partial charge in [-0.25, -0.2) is 4.39 Å². The molecule has 0 bridgehead atoms. The maximum absolute atomic E-state index is 13.3. The van der Waals surface area contributed by atoms with E-state index in [4.69, 9.17) is 11.6 Å². The standard InChI is InChI=1S/C14H20ClFN2O/c1-14(10-19,18-7-2-5-17-6-8-18)11-3-4-13(16)12(15)9-11/h3-4,9,17,19H,2,5-8,10H2,1H3. The summed E-state index contributed by atoms with van der Waals surface area (Å²) < 4.78 is 13.3. The quantitative estimate of drug-likeness (QED) is 0.892. The monoisotopic (exact) mass is 286 g/mol. The van der Waals surface area contributed by atoms with E-state index in [0.29, 0.717) is 0 Å². The first-order valence-corrected chi connectivity index (χ1v) is 6.98. The Kier molecular flexibility index (Phi) is 4.79. The Balaban J connectivity index is 2.31. The molecule has 1 unspecified atom stereocenters. The summed E-state index contributed by atoms with van der Waals surface area (Å²) in [6.07, 6.45) is 1.03. The fourth-order valence-electron chi connectivity index (χ4n) is 2.54. The Hall–Kier alpha value is -0.680. The summed E-state index contributed by atoms with van der Waals surface area (Å²) in [5.74, 6) is -0.428. The lowest BCUT2D eigenvalue weighted by Gasteiger charge is -2.40. The highest BCUT2D eigenvalue weighted by Gasteiger charge is 2.33. The summed E-state index contributed by atoms with van der Waals surface area (Å²) in [4.78, 5) is 2.23. The Labute approximate surface area is 118 Å². The van der Waals surface area contributed by atoms with E-state index in [1.807, 2.05) is 6.92 Å². The normalized spacial score (nSPS) is 20.8. The van der Waals surface area contributed by atoms with Crippen LogP contribution in [-0.4, -0.2) is 42.8 Å². The van der Waals surface area contributed by atoms with Gasteiger partial charge in [0, 0.05) is 19.6 Å². The molecular weight excluding hydrogens is 267 g/mol. The molecule has 0 radical (unpaired) electrons. The number of hydrogen-bond acceptors (Lipinski definition) is 3. The van der Waals surface area contributed by atoms with Crippen LogP contribution in [0.15, 0.2) is 18.2 Å². The average molecular weight is 287 g/mol. The number of aliphatic hydroxyl groups is 1. The Morgan fingerprint density at radius 2 is 2.21 bits per heavy atom. The summed E-state index contributed by atoms with van der Waals surface area (Å²) in [5.41, 5.74) is 0.326. The molecule has 1 aliphatic heterocycles. The summed E-state index contributed by atoms with van der Waals surface area (Å²) >= 11 is 5.86. The van der Waals surface area contributed by atoms with Crippen molar-refractivity contribution in [3.8, 4) is 0 Å². The maximum Gasteiger partial charge on any atom is 0.141 e. The second-order valence-corrected chi connectivity index (χ2v) is 5.56. The predicted octanol–water partition coefficient (Wildman–Crippen LogP) is 1.98. The van der Waals surface area contributed by atoms with E-state index in [1.54, 1.807) is 12.1 Å². The van der Waals surface area contributed by atoms with Crippen molar-refractivity contribution in [1.82, 2.24) is 10.2 Å². The number of aliphatic hydroxyl groups excluding tert-OH is 1. The highest BCUT2D eigenvalue weighted by atomic mass is 35.5. The molecule has 1 fully saturated rings. The van der Waals surface area contributed by atoms with Gasteiger partial charge >= 0.3 is 0 Å². The highest BCUT2D eigenvalue weighted by molar-refractivity contribution is 6.30. The Morgan fingerprint density at radius 3 is 2.89 bits per heavy atom. The molecule has 0 amide bonds. The third-order valence-corrected chi connectivity index (χ3v) is 4.18. The van der Waals surface area contributed by atoms with Gasteiger partial charge in [-0.1, -0.05) is 17.7 Å². The lowest BCUT2D eigenvalue weighted by atomic mass is 9.90. The molecule has 1 aromatic rings. The molecule has 2 N–H and O–H groups in total. The third kappa shape index (κ3) is 3.08. The number of benzene rings is 1. The zero-order chi connectivity index (χ0) is 13.9.